The molecule has 0 unspecified atom stereocenters. The number of carbonyl (C=O) groups excluding carboxylic acids is 1. The Morgan fingerprint density at radius 2 is 1.80 bits per heavy atom. The first-order chi connectivity index (χ1) is 4.66. The molecule has 0 bridgehead atoms. The van der Waals surface area contributed by atoms with Crippen LogP contribution in [0.5, 0.6) is 0 Å². The van der Waals surface area contributed by atoms with E-state index >= 15 is 0 Å². The average Bonchev–Trinajstić information content (AvgIpc) is 1.91. The summed E-state index contributed by atoms with van der Waals surface area (Å²) in [7, 11) is 3.57. The van der Waals surface area contributed by atoms with E-state index in [9.17, 15) is 4.79 Å². The number of hydrazine groups is 1. The van der Waals surface area contributed by atoms with E-state index in [0.29, 0.717) is 6.42 Å². The van der Waals surface area contributed by atoms with E-state index in [4.69, 9.17) is 0 Å². The lowest BCUT2D eigenvalue weighted by Gasteiger charge is -2.09. The van der Waals surface area contributed by atoms with Crippen molar-refractivity contribution in [1.82, 2.24) is 10.4 Å². The van der Waals surface area contributed by atoms with Gasteiger partial charge in [-0.25, -0.2) is 5.01 Å². The van der Waals surface area contributed by atoms with Crippen LogP contribution in [0.1, 0.15) is 27.2 Å². The monoisotopic (exact) mass is 146 g/mol. The van der Waals surface area contributed by atoms with E-state index in [1.807, 2.05) is 20.8 Å². The topological polar surface area (TPSA) is 32.3 Å². The van der Waals surface area contributed by atoms with Gasteiger partial charge in [-0.15, -0.1) is 0 Å². The Kier molecular flexibility index (Phi) is 10.2. The summed E-state index contributed by atoms with van der Waals surface area (Å²) in [5, 5.41) is 1.63. The minimum Gasteiger partial charge on any atom is -0.289 e. The van der Waals surface area contributed by atoms with Gasteiger partial charge in [0.1, 0.15) is 0 Å². The highest BCUT2D eigenvalue weighted by Crippen LogP contribution is 1.73. The first-order valence-corrected chi connectivity index (χ1v) is 3.63. The SMILES string of the molecule is CC.CCC(=O)NN(C)C. The zero-order chi connectivity index (χ0) is 8.57. The Labute approximate surface area is 63.4 Å². The molecule has 0 fully saturated rings. The molecule has 0 aliphatic carbocycles. The molecule has 3 nitrogen and oxygen atoms in total. The minimum atomic E-state index is 0.0509. The molecular formula is C7H18N2O. The third kappa shape index (κ3) is 10.4. The van der Waals surface area contributed by atoms with Crippen LogP contribution in [0.25, 0.3) is 0 Å². The van der Waals surface area contributed by atoms with Gasteiger partial charge in [-0.3, -0.25) is 10.2 Å². The Hall–Kier alpha value is -0.570. The molecule has 62 valence electrons. The summed E-state index contributed by atoms with van der Waals surface area (Å²) in [6.07, 6.45) is 0.540. The van der Waals surface area contributed by atoms with Crippen molar-refractivity contribution in [2.45, 2.75) is 27.2 Å². The smallest absolute Gasteiger partial charge is 0.233 e. The molecule has 0 aromatic rings. The summed E-state index contributed by atoms with van der Waals surface area (Å²) in [6, 6.07) is 0. The zero-order valence-corrected chi connectivity index (χ0v) is 7.56. The first kappa shape index (κ1) is 12.1. The molecule has 0 heterocycles. The Morgan fingerprint density at radius 1 is 1.40 bits per heavy atom. The highest BCUT2D eigenvalue weighted by Gasteiger charge is 1.93. The van der Waals surface area contributed by atoms with Crippen LogP contribution >= 0.6 is 0 Å². The molecule has 0 aliphatic heterocycles. The normalized spacial score (nSPS) is 8.20. The lowest BCUT2D eigenvalue weighted by molar-refractivity contribution is -0.124. The third-order valence-corrected chi connectivity index (χ3v) is 0.669. The summed E-state index contributed by atoms with van der Waals surface area (Å²) in [5.74, 6) is 0.0509. The molecular weight excluding hydrogens is 128 g/mol. The van der Waals surface area contributed by atoms with Gasteiger partial charge in [0.05, 0.1) is 0 Å². The van der Waals surface area contributed by atoms with Crippen LogP contribution in [0.3, 0.4) is 0 Å². The van der Waals surface area contributed by atoms with Crippen LogP contribution in [-0.4, -0.2) is 25.0 Å². The predicted octanol–water partition coefficient (Wildman–Crippen LogP) is 1.02. The van der Waals surface area contributed by atoms with Crippen molar-refractivity contribution in [3.05, 3.63) is 0 Å². The van der Waals surface area contributed by atoms with Crippen molar-refractivity contribution < 1.29 is 4.79 Å². The second kappa shape index (κ2) is 8.43. The summed E-state index contributed by atoms with van der Waals surface area (Å²) in [6.45, 7) is 5.82. The van der Waals surface area contributed by atoms with E-state index in [1.54, 1.807) is 19.1 Å². The van der Waals surface area contributed by atoms with Crippen molar-refractivity contribution in [2.75, 3.05) is 14.1 Å². The van der Waals surface area contributed by atoms with E-state index < -0.39 is 0 Å². The molecule has 1 amide bonds. The molecule has 3 heteroatoms. The van der Waals surface area contributed by atoms with Crippen LogP contribution in [0.15, 0.2) is 0 Å². The highest BCUT2D eigenvalue weighted by molar-refractivity contribution is 5.74. The Bertz CT molecular complexity index is 81.7. The van der Waals surface area contributed by atoms with Gasteiger partial charge < -0.3 is 0 Å². The predicted molar refractivity (Wildman–Crippen MR) is 43.5 cm³/mol. The second-order valence-corrected chi connectivity index (χ2v) is 1.78. The van der Waals surface area contributed by atoms with Crippen LogP contribution < -0.4 is 5.43 Å². The largest absolute Gasteiger partial charge is 0.289 e. The number of carbonyl (C=O) groups is 1. The van der Waals surface area contributed by atoms with E-state index in [0.717, 1.165) is 0 Å². The van der Waals surface area contributed by atoms with Gasteiger partial charge in [0.25, 0.3) is 0 Å². The van der Waals surface area contributed by atoms with E-state index in [2.05, 4.69) is 5.43 Å². The lowest BCUT2D eigenvalue weighted by Crippen LogP contribution is -2.35. The molecule has 0 spiro atoms. The van der Waals surface area contributed by atoms with Crippen LogP contribution in [0, 0.1) is 0 Å². The Balaban J connectivity index is 0. The fourth-order valence-electron chi connectivity index (χ4n) is 0.328. The van der Waals surface area contributed by atoms with Crippen molar-refractivity contribution in [3.63, 3.8) is 0 Å². The number of amides is 1. The fraction of sp³-hybridized carbons (Fsp3) is 0.857. The quantitative estimate of drug-likeness (QED) is 0.590. The van der Waals surface area contributed by atoms with Gasteiger partial charge >= 0.3 is 0 Å². The summed E-state index contributed by atoms with van der Waals surface area (Å²) >= 11 is 0. The maximum absolute atomic E-state index is 10.5. The maximum atomic E-state index is 10.5. The van der Waals surface area contributed by atoms with Crippen molar-refractivity contribution in [2.24, 2.45) is 0 Å². The Morgan fingerprint density at radius 3 is 1.90 bits per heavy atom. The molecule has 0 saturated heterocycles. The van der Waals surface area contributed by atoms with Crippen molar-refractivity contribution in [1.29, 1.82) is 0 Å². The van der Waals surface area contributed by atoms with Crippen molar-refractivity contribution >= 4 is 5.91 Å². The van der Waals surface area contributed by atoms with Crippen molar-refractivity contribution in [3.8, 4) is 0 Å². The number of rotatable bonds is 2. The molecule has 0 aliphatic rings. The molecule has 1 N–H and O–H groups in total. The third-order valence-electron chi connectivity index (χ3n) is 0.669. The molecule has 0 saturated carbocycles. The van der Waals surface area contributed by atoms with Gasteiger partial charge in [-0.05, 0) is 0 Å². The maximum Gasteiger partial charge on any atom is 0.233 e. The van der Waals surface area contributed by atoms with E-state index in [-0.39, 0.29) is 5.91 Å². The first-order valence-electron chi connectivity index (χ1n) is 3.63. The van der Waals surface area contributed by atoms with Gasteiger partial charge in [-0.1, -0.05) is 20.8 Å². The average molecular weight is 146 g/mol. The molecule has 0 rings (SSSR count). The molecule has 0 aromatic carbocycles. The second-order valence-electron chi connectivity index (χ2n) is 1.78. The van der Waals surface area contributed by atoms with Gasteiger partial charge in [0, 0.05) is 20.5 Å². The summed E-state index contributed by atoms with van der Waals surface area (Å²) in [5.41, 5.74) is 2.59. The number of nitrogens with one attached hydrogen (secondary N) is 1. The van der Waals surface area contributed by atoms with Gasteiger partial charge in [-0.2, -0.15) is 0 Å². The number of hydrogen-bond acceptors (Lipinski definition) is 2. The minimum absolute atomic E-state index is 0.0509. The molecule has 0 atom stereocenters. The van der Waals surface area contributed by atoms with E-state index in [1.165, 1.54) is 0 Å². The van der Waals surface area contributed by atoms with Crippen LogP contribution in [-0.2, 0) is 4.79 Å². The zero-order valence-electron chi connectivity index (χ0n) is 7.56. The summed E-state index contributed by atoms with van der Waals surface area (Å²) < 4.78 is 0. The lowest BCUT2D eigenvalue weighted by atomic mass is 10.5. The number of hydrogen-bond donors (Lipinski definition) is 1. The molecule has 0 aromatic heterocycles. The van der Waals surface area contributed by atoms with Crippen LogP contribution in [0.4, 0.5) is 0 Å². The standard InChI is InChI=1S/C5H12N2O.C2H6/c1-4-5(8)6-7(2)3;1-2/h4H2,1-3H3,(H,6,8);1-2H3. The number of nitrogens with zero attached hydrogens (tertiary/aromatic N) is 1. The summed E-state index contributed by atoms with van der Waals surface area (Å²) in [4.78, 5) is 10.5. The fourth-order valence-corrected chi connectivity index (χ4v) is 0.328. The van der Waals surface area contributed by atoms with Gasteiger partial charge in [0.15, 0.2) is 0 Å². The highest BCUT2D eigenvalue weighted by atomic mass is 16.2. The van der Waals surface area contributed by atoms with Gasteiger partial charge in [0.2, 0.25) is 5.91 Å². The van der Waals surface area contributed by atoms with Crippen LogP contribution in [0.2, 0.25) is 0 Å². The molecule has 0 radical (unpaired) electrons. The molecule has 10 heavy (non-hydrogen) atoms.